The molecule has 8 N–H and O–H groups in total. The smallest absolute Gasteiger partial charge is 0.408 e. The first-order chi connectivity index (χ1) is 43.2. The lowest BCUT2D eigenvalue weighted by atomic mass is 9.44. The van der Waals surface area contributed by atoms with Gasteiger partial charge in [-0.1, -0.05) is 91.6 Å². The number of amides is 2. The second-order valence-electron chi connectivity index (χ2n) is 25.9. The number of anilines is 2. The molecular formula is C66H75Cl2FN6O17. The number of likely N-dealkylation sites (tertiary alicyclic amines) is 1. The van der Waals surface area contributed by atoms with Gasteiger partial charge in [0.15, 0.2) is 34.9 Å². The fourth-order valence-electron chi connectivity index (χ4n) is 13.6. The number of nitrogens with zero attached hydrogens (tertiary/aromatic N) is 3. The number of Topliss-reactive ketones (excluding diaryl/α,β-unsaturated/α-hetero) is 1. The number of benzene rings is 3. The van der Waals surface area contributed by atoms with E-state index >= 15 is 0 Å². The van der Waals surface area contributed by atoms with Crippen molar-refractivity contribution in [2.24, 2.45) is 22.2 Å². The van der Waals surface area contributed by atoms with Gasteiger partial charge in [-0.05, 0) is 107 Å². The highest BCUT2D eigenvalue weighted by atomic mass is 35.5. The van der Waals surface area contributed by atoms with Crippen molar-refractivity contribution in [3.05, 3.63) is 152 Å². The van der Waals surface area contributed by atoms with Crippen molar-refractivity contribution >= 4 is 76.5 Å². The third-order valence-corrected chi connectivity index (χ3v) is 19.4. The minimum absolute atomic E-state index is 0.0345. The number of aryl methyl sites for hydroxylation is 1. The number of hydrogen-bond donors (Lipinski definition) is 8. The number of aromatic nitrogens is 3. The molecule has 2 aromatic heterocycles. The second kappa shape index (κ2) is 26.3. The first kappa shape index (κ1) is 68.5. The van der Waals surface area contributed by atoms with E-state index in [1.165, 1.54) is 38.1 Å². The van der Waals surface area contributed by atoms with Crippen LogP contribution in [0.25, 0.3) is 0 Å². The van der Waals surface area contributed by atoms with Crippen molar-refractivity contribution in [3.63, 3.8) is 0 Å². The van der Waals surface area contributed by atoms with Crippen LogP contribution in [0.4, 0.5) is 20.8 Å². The highest BCUT2D eigenvalue weighted by molar-refractivity contribution is 6.43. The molecule has 11 atom stereocenters. The van der Waals surface area contributed by atoms with Crippen LogP contribution in [0.2, 0.25) is 10.0 Å². The predicted molar refractivity (Wildman–Crippen MR) is 330 cm³/mol. The van der Waals surface area contributed by atoms with Crippen LogP contribution in [0.3, 0.4) is 0 Å². The molecule has 2 aliphatic heterocycles. The summed E-state index contributed by atoms with van der Waals surface area (Å²) < 4.78 is 43.8. The van der Waals surface area contributed by atoms with Gasteiger partial charge in [0, 0.05) is 62.1 Å². The molecule has 5 aliphatic rings. The van der Waals surface area contributed by atoms with Crippen LogP contribution in [0.5, 0.6) is 0 Å². The molecule has 2 saturated heterocycles. The fraction of sp³-hybridized carbons (Fsp3) is 0.470. The van der Waals surface area contributed by atoms with Gasteiger partial charge in [0.05, 0.1) is 56.7 Å². The molecular weight excluding hydrogens is 1240 g/mol. The number of carbonyl (C=O) groups excluding carboxylic acids is 6. The fourth-order valence-corrected chi connectivity index (χ4v) is 14.0. The molecule has 0 radical (unpaired) electrons. The number of rotatable bonds is 14. The Morgan fingerprint density at radius 3 is 2.15 bits per heavy atom. The Labute approximate surface area is 539 Å². The van der Waals surface area contributed by atoms with E-state index in [-0.39, 0.29) is 89.4 Å². The number of carboxylic acids is 1. The van der Waals surface area contributed by atoms with Crippen molar-refractivity contribution in [1.29, 1.82) is 0 Å². The highest BCUT2D eigenvalue weighted by Crippen LogP contribution is 2.64. The van der Waals surface area contributed by atoms with Crippen LogP contribution in [-0.2, 0) is 49.3 Å². The first-order valence-corrected chi connectivity index (χ1v) is 30.7. The number of aliphatic hydroxyl groups is 4. The Kier molecular flexibility index (Phi) is 19.6. The van der Waals surface area contributed by atoms with Crippen LogP contribution >= 0.6 is 23.2 Å². The number of halogens is 3. The van der Waals surface area contributed by atoms with Gasteiger partial charge in [0.2, 0.25) is 0 Å². The number of ketones is 1. The predicted octanol–water partition coefficient (Wildman–Crippen LogP) is 8.11. The van der Waals surface area contributed by atoms with E-state index in [9.17, 15) is 63.5 Å². The molecule has 23 nitrogen and oxygen atoms in total. The van der Waals surface area contributed by atoms with Crippen molar-refractivity contribution in [1.82, 2.24) is 25.4 Å². The van der Waals surface area contributed by atoms with Gasteiger partial charge in [-0.3, -0.25) is 24.3 Å². The quantitative estimate of drug-likeness (QED) is 0.0295. The third-order valence-electron chi connectivity index (χ3n) is 18.6. The van der Waals surface area contributed by atoms with Gasteiger partial charge in [-0.2, -0.15) is 5.10 Å². The van der Waals surface area contributed by atoms with Crippen molar-refractivity contribution in [2.75, 3.05) is 25.0 Å². The average molecular weight is 1310 g/mol. The molecule has 2 bridgehead atoms. The maximum absolute atomic E-state index is 14.9. The topological polar surface area (TPSA) is 336 Å². The number of carbonyl (C=O) groups is 7. The molecule has 3 aliphatic carbocycles. The molecule has 2 amide bonds. The number of esters is 3. The number of alkyl carbamates (subject to hydrolysis) is 1. The monoisotopic (exact) mass is 1310 g/mol. The molecule has 4 fully saturated rings. The van der Waals surface area contributed by atoms with E-state index in [1.807, 2.05) is 6.92 Å². The maximum atomic E-state index is 14.9. The van der Waals surface area contributed by atoms with Gasteiger partial charge in [-0.15, -0.1) is 0 Å². The number of carboxylic acid groups (broad SMARTS) is 1. The number of pyridine rings is 1. The molecule has 2 saturated carbocycles. The van der Waals surface area contributed by atoms with Crippen LogP contribution in [0.1, 0.15) is 125 Å². The van der Waals surface area contributed by atoms with Crippen LogP contribution in [0.15, 0.2) is 108 Å². The van der Waals surface area contributed by atoms with Gasteiger partial charge in [0.25, 0.3) is 5.91 Å². The van der Waals surface area contributed by atoms with E-state index in [0.717, 1.165) is 12.6 Å². The van der Waals surface area contributed by atoms with E-state index in [0.29, 0.717) is 17.1 Å². The van der Waals surface area contributed by atoms with E-state index in [1.54, 1.807) is 112 Å². The largest absolute Gasteiger partial charge is 0.481 e. The summed E-state index contributed by atoms with van der Waals surface area (Å²) in [7, 11) is 0. The zero-order valence-electron chi connectivity index (χ0n) is 52.1. The summed E-state index contributed by atoms with van der Waals surface area (Å²) in [6, 6.07) is 23.9. The molecule has 492 valence electrons. The Balaban J connectivity index is 0.000000249. The lowest BCUT2D eigenvalue weighted by Gasteiger charge is -2.67. The van der Waals surface area contributed by atoms with Crippen molar-refractivity contribution in [2.45, 2.75) is 154 Å². The Bertz CT molecular complexity index is 3690. The summed E-state index contributed by atoms with van der Waals surface area (Å²) in [5, 5.41) is 71.6. The standard InChI is InChI=1S/C43H53NO14.C23H22Cl2FN5O3/c1-22-26(55-37(51)32(48)30(24-15-11-9-12-16-24)44-38(52)58-39(3,4)5)20-43(53)35(56-36(50)25-17-13-10-14-18-25)33-41(8,34(49)31(47)29(22)40(43,6)7)27(46)19-28-42(33,21-54-28)57-23(2)45;1-13-11-18(30-29-13)28-20-17(26)6-5-14(27-20)12-23(22(33)34)7-9-31(10-8-23)21(32)15-3-2-4-16(24)19(15)25/h9-18,26-28,30-33,35,46-48,53H,19-21H2,1-8H3,(H,44,52);2-6,11H,7-10,12H2,1H3,(H,33,34)(H2,27,28,29,30)/t26-,27-,28+,30-,31+,32+,33-,35-,41+,42-,43+;/m0./s1. The van der Waals surface area contributed by atoms with Gasteiger partial charge >= 0.3 is 30.0 Å². The van der Waals surface area contributed by atoms with Gasteiger partial charge in [-0.25, -0.2) is 23.8 Å². The summed E-state index contributed by atoms with van der Waals surface area (Å²) in [4.78, 5) is 100. The number of fused-ring (bicyclic) bond motifs is 5. The Morgan fingerprint density at radius 1 is 0.913 bits per heavy atom. The zero-order valence-corrected chi connectivity index (χ0v) is 53.6. The highest BCUT2D eigenvalue weighted by Gasteiger charge is 2.78. The van der Waals surface area contributed by atoms with Crippen molar-refractivity contribution in [3.8, 4) is 0 Å². The zero-order chi connectivity index (χ0) is 67.2. The number of hydrogen-bond acceptors (Lipinski definition) is 19. The number of piperidine rings is 1. The summed E-state index contributed by atoms with van der Waals surface area (Å²) in [6.07, 6.45) is -11.0. The normalized spacial score (nSPS) is 26.9. The third kappa shape index (κ3) is 13.1. The average Bonchev–Trinajstić information content (AvgIpc) is 0.690. The minimum Gasteiger partial charge on any atom is -0.481 e. The lowest BCUT2D eigenvalue weighted by molar-refractivity contribution is -0.346. The first-order valence-electron chi connectivity index (χ1n) is 29.9. The molecule has 0 unspecified atom stereocenters. The van der Waals surface area contributed by atoms with Gasteiger partial charge < -0.3 is 64.8 Å². The summed E-state index contributed by atoms with van der Waals surface area (Å²) in [6.45, 7) is 14.1. The molecule has 92 heavy (non-hydrogen) atoms. The van der Waals surface area contributed by atoms with Gasteiger partial charge in [0.1, 0.15) is 35.6 Å². The second-order valence-corrected chi connectivity index (χ2v) is 26.7. The lowest BCUT2D eigenvalue weighted by Crippen LogP contribution is -2.81. The number of H-pyrrole nitrogens is 1. The Morgan fingerprint density at radius 2 is 1.57 bits per heavy atom. The van der Waals surface area contributed by atoms with Crippen LogP contribution in [0, 0.1) is 34.9 Å². The molecule has 10 rings (SSSR count). The molecule has 4 heterocycles. The summed E-state index contributed by atoms with van der Waals surface area (Å²) >= 11 is 12.2. The molecule has 0 spiro atoms. The number of nitrogens with one attached hydrogen (secondary N) is 3. The Hall–Kier alpha value is -7.84. The molecule has 26 heteroatoms. The molecule has 5 aromatic rings. The van der Waals surface area contributed by atoms with Crippen LogP contribution in [-0.4, -0.2) is 160 Å². The summed E-state index contributed by atoms with van der Waals surface area (Å²) in [5.41, 5.74) is -7.77. The van der Waals surface area contributed by atoms with E-state index in [2.05, 4.69) is 25.8 Å². The summed E-state index contributed by atoms with van der Waals surface area (Å²) in [5.74, 6) is -6.85. The number of aromatic amines is 1. The number of aliphatic hydroxyl groups excluding tert-OH is 3. The number of ether oxygens (including phenoxy) is 5. The minimum atomic E-state index is -2.35. The van der Waals surface area contributed by atoms with E-state index < -0.39 is 130 Å². The molecule has 3 aromatic carbocycles. The SMILES string of the molecule is CC(=O)O[C@@]12CO[C@@H]1C[C@H](O)[C@@]1(C)C(=O)[C@H](O)C3=C(C)[C@@H](OC(=O)[C@H](O)[C@@H](NC(=O)OC(C)(C)C)c4ccccc4)C[C@@](O)([C@@H](OC(=O)c4ccccc4)[C@H]21)C3(C)C.Cc1cc(Nc2nc(CC3(C(=O)O)CCN(C(=O)c4cccc(Cl)c4Cl)CC3)ccc2F)n[nH]1. The van der Waals surface area contributed by atoms with E-state index in [4.69, 9.17) is 46.9 Å². The van der Waals surface area contributed by atoms with Crippen molar-refractivity contribution < 1.29 is 87.2 Å². The maximum Gasteiger partial charge on any atom is 0.408 e. The number of aliphatic carboxylic acids is 1. The van der Waals surface area contributed by atoms with Crippen LogP contribution < -0.4 is 10.6 Å².